The van der Waals surface area contributed by atoms with Crippen molar-refractivity contribution < 1.29 is 22.8 Å². The Labute approximate surface area is 225 Å². The van der Waals surface area contributed by atoms with Gasteiger partial charge in [0.25, 0.3) is 5.69 Å². The molecule has 1 aliphatic carbocycles. The van der Waals surface area contributed by atoms with Gasteiger partial charge in [-0.2, -0.15) is 0 Å². The number of nitro benzene ring substituents is 1. The molecule has 8 nitrogen and oxygen atoms in total. The molecule has 0 radical (unpaired) electrons. The summed E-state index contributed by atoms with van der Waals surface area (Å²) in [7, 11) is 0. The molecule has 0 unspecified atom stereocenters. The second-order valence-corrected chi connectivity index (χ2v) is 9.40. The fraction of sp³-hybridized carbons (Fsp3) is 0.185. The van der Waals surface area contributed by atoms with E-state index >= 15 is 0 Å². The zero-order chi connectivity index (χ0) is 27.6. The third-order valence-corrected chi connectivity index (χ3v) is 6.45. The number of para-hydroxylation sites is 1. The largest absolute Gasteiger partial charge is 0.573 e. The van der Waals surface area contributed by atoms with Gasteiger partial charge in [0, 0.05) is 34.7 Å². The van der Waals surface area contributed by atoms with Crippen molar-refractivity contribution >= 4 is 29.0 Å². The summed E-state index contributed by atoms with van der Waals surface area (Å²) in [5, 5.41) is 19.8. The van der Waals surface area contributed by atoms with Crippen LogP contribution in [0.15, 0.2) is 71.7 Å². The van der Waals surface area contributed by atoms with Crippen LogP contribution in [0.3, 0.4) is 0 Å². The SMILES string of the molecule is O=[N+]([O-])c1ccccc1CC(=S)CN=Cc1ccc2c(c1)CCc1c-2nnn1-c1ccc(OC(F)(F)F)cc1. The van der Waals surface area contributed by atoms with Crippen molar-refractivity contribution in [2.75, 3.05) is 6.54 Å². The van der Waals surface area contributed by atoms with Crippen LogP contribution in [-0.2, 0) is 19.3 Å². The van der Waals surface area contributed by atoms with Crippen molar-refractivity contribution in [1.82, 2.24) is 15.0 Å². The van der Waals surface area contributed by atoms with Crippen LogP contribution in [0.5, 0.6) is 5.75 Å². The van der Waals surface area contributed by atoms with E-state index in [1.807, 2.05) is 18.2 Å². The third-order valence-electron chi connectivity index (χ3n) is 6.18. The standard InChI is InChI=1S/C27H20F3N5O3S/c28-27(29,30)38-21-9-7-20(8-10-21)34-25-12-6-18-13-17(5-11-23(18)26(25)32-33-34)15-31-16-22(39)14-19-3-1-2-4-24(19)35(36)37/h1-5,7-11,13,15H,6,12,14,16H2. The molecule has 0 N–H and O–H groups in total. The van der Waals surface area contributed by atoms with Crippen molar-refractivity contribution in [3.8, 4) is 22.7 Å². The molecule has 39 heavy (non-hydrogen) atoms. The van der Waals surface area contributed by atoms with Gasteiger partial charge in [0.05, 0.1) is 22.8 Å². The normalized spacial score (nSPS) is 12.7. The predicted molar refractivity (Wildman–Crippen MR) is 143 cm³/mol. The first-order chi connectivity index (χ1) is 18.7. The lowest BCUT2D eigenvalue weighted by Gasteiger charge is -2.17. The van der Waals surface area contributed by atoms with Gasteiger partial charge in [0.15, 0.2) is 0 Å². The average molecular weight is 552 g/mol. The van der Waals surface area contributed by atoms with Crippen LogP contribution in [0, 0.1) is 10.1 Å². The van der Waals surface area contributed by atoms with Crippen molar-refractivity contribution in [3.05, 3.63) is 99.2 Å². The highest BCUT2D eigenvalue weighted by molar-refractivity contribution is 7.80. The highest BCUT2D eigenvalue weighted by atomic mass is 32.1. The van der Waals surface area contributed by atoms with E-state index in [0.717, 1.165) is 34.5 Å². The van der Waals surface area contributed by atoms with Crippen LogP contribution >= 0.6 is 12.2 Å². The first kappa shape index (κ1) is 26.2. The quantitative estimate of drug-likeness (QED) is 0.118. The third kappa shape index (κ3) is 6.01. The number of rotatable bonds is 8. The van der Waals surface area contributed by atoms with E-state index in [1.165, 1.54) is 30.3 Å². The van der Waals surface area contributed by atoms with Crippen molar-refractivity contribution in [2.45, 2.75) is 25.6 Å². The molecule has 0 aliphatic heterocycles. The molecule has 0 bridgehead atoms. The molecule has 0 saturated carbocycles. The zero-order valence-electron chi connectivity index (χ0n) is 20.3. The second kappa shape index (κ2) is 10.7. The maximum atomic E-state index is 12.4. The van der Waals surface area contributed by atoms with Gasteiger partial charge in [0.1, 0.15) is 11.4 Å². The maximum absolute atomic E-state index is 12.4. The molecule has 0 amide bonds. The Morgan fingerprint density at radius 3 is 2.64 bits per heavy atom. The number of aliphatic imine (C=N–C) groups is 1. The Morgan fingerprint density at radius 1 is 1.13 bits per heavy atom. The molecule has 3 aromatic carbocycles. The Kier molecular flexibility index (Phi) is 7.20. The molecule has 12 heteroatoms. The van der Waals surface area contributed by atoms with Crippen LogP contribution in [0.25, 0.3) is 16.9 Å². The molecular weight excluding hydrogens is 531 g/mol. The van der Waals surface area contributed by atoms with E-state index in [4.69, 9.17) is 12.2 Å². The molecule has 0 saturated heterocycles. The number of hydrogen-bond donors (Lipinski definition) is 0. The van der Waals surface area contributed by atoms with Crippen molar-refractivity contribution in [2.24, 2.45) is 4.99 Å². The smallest absolute Gasteiger partial charge is 0.406 e. The van der Waals surface area contributed by atoms with Gasteiger partial charge in [-0.05, 0) is 54.3 Å². The Hall–Kier alpha value is -4.45. The number of alkyl halides is 3. The summed E-state index contributed by atoms with van der Waals surface area (Å²) >= 11 is 5.40. The number of fused-ring (bicyclic) bond motifs is 3. The molecule has 4 aromatic rings. The number of benzene rings is 3. The highest BCUT2D eigenvalue weighted by Gasteiger charge is 2.31. The highest BCUT2D eigenvalue weighted by Crippen LogP contribution is 2.33. The van der Waals surface area contributed by atoms with Gasteiger partial charge >= 0.3 is 6.36 Å². The van der Waals surface area contributed by atoms with E-state index < -0.39 is 11.3 Å². The summed E-state index contributed by atoms with van der Waals surface area (Å²) in [4.78, 5) is 15.8. The lowest BCUT2D eigenvalue weighted by molar-refractivity contribution is -0.385. The second-order valence-electron chi connectivity index (χ2n) is 8.83. The van der Waals surface area contributed by atoms with Crippen molar-refractivity contribution in [3.63, 3.8) is 0 Å². The topological polar surface area (TPSA) is 95.4 Å². The Bertz CT molecular complexity index is 1580. The van der Waals surface area contributed by atoms with E-state index in [2.05, 4.69) is 20.0 Å². The molecule has 1 heterocycles. The van der Waals surface area contributed by atoms with Crippen LogP contribution in [0.2, 0.25) is 0 Å². The van der Waals surface area contributed by atoms with Gasteiger partial charge < -0.3 is 4.74 Å². The molecular formula is C27H20F3N5O3S. The van der Waals surface area contributed by atoms with E-state index in [1.54, 1.807) is 29.1 Å². The summed E-state index contributed by atoms with van der Waals surface area (Å²) < 4.78 is 42.9. The number of nitrogens with zero attached hydrogens (tertiary/aromatic N) is 5. The number of aryl methyl sites for hydroxylation is 1. The number of nitro groups is 1. The summed E-state index contributed by atoms with van der Waals surface area (Å²) in [5.41, 5.74) is 5.68. The van der Waals surface area contributed by atoms with Crippen molar-refractivity contribution in [1.29, 1.82) is 0 Å². The predicted octanol–water partition coefficient (Wildman–Crippen LogP) is 5.87. The average Bonchev–Trinajstić information content (AvgIpc) is 3.33. The summed E-state index contributed by atoms with van der Waals surface area (Å²) in [5.74, 6) is -0.304. The van der Waals surface area contributed by atoms with Gasteiger partial charge in [-0.3, -0.25) is 15.1 Å². The van der Waals surface area contributed by atoms with E-state index in [-0.39, 0.29) is 18.0 Å². The maximum Gasteiger partial charge on any atom is 0.573 e. The van der Waals surface area contributed by atoms with E-state index in [0.29, 0.717) is 29.0 Å². The molecule has 5 rings (SSSR count). The monoisotopic (exact) mass is 551 g/mol. The number of ether oxygens (including phenoxy) is 1. The minimum atomic E-state index is -4.75. The lowest BCUT2D eigenvalue weighted by Crippen LogP contribution is -2.17. The zero-order valence-corrected chi connectivity index (χ0v) is 21.1. The first-order valence-corrected chi connectivity index (χ1v) is 12.3. The van der Waals surface area contributed by atoms with Gasteiger partial charge in [0.2, 0.25) is 0 Å². The van der Waals surface area contributed by atoms with Crippen LogP contribution < -0.4 is 4.74 Å². The summed E-state index contributed by atoms with van der Waals surface area (Å²) in [6.45, 7) is 0.268. The Balaban J connectivity index is 1.27. The fourth-order valence-corrected chi connectivity index (χ4v) is 4.71. The molecule has 0 spiro atoms. The van der Waals surface area contributed by atoms with Gasteiger partial charge in [-0.15, -0.1) is 18.3 Å². The van der Waals surface area contributed by atoms with Gasteiger partial charge in [-0.1, -0.05) is 47.8 Å². The molecule has 1 aliphatic rings. The minimum Gasteiger partial charge on any atom is -0.406 e. The number of aromatic nitrogens is 3. The summed E-state index contributed by atoms with van der Waals surface area (Å²) in [6.07, 6.45) is -1.36. The number of thiocarbonyl (C=S) groups is 1. The number of halogens is 3. The molecule has 1 aromatic heterocycles. The first-order valence-electron chi connectivity index (χ1n) is 11.9. The molecule has 0 fully saturated rings. The van der Waals surface area contributed by atoms with E-state index in [9.17, 15) is 23.3 Å². The van der Waals surface area contributed by atoms with Crippen LogP contribution in [0.4, 0.5) is 18.9 Å². The molecule has 198 valence electrons. The van der Waals surface area contributed by atoms with Crippen LogP contribution in [-0.4, -0.2) is 43.9 Å². The fourth-order valence-electron chi connectivity index (χ4n) is 4.48. The lowest BCUT2D eigenvalue weighted by atomic mass is 9.91. The minimum absolute atomic E-state index is 0.0438. The van der Waals surface area contributed by atoms with Gasteiger partial charge in [-0.25, -0.2) is 4.68 Å². The van der Waals surface area contributed by atoms with Crippen LogP contribution in [0.1, 0.15) is 22.4 Å². The molecule has 0 atom stereocenters. The summed E-state index contributed by atoms with van der Waals surface area (Å²) in [6, 6.07) is 17.9. The number of hydrogen-bond acceptors (Lipinski definition) is 7. The Morgan fingerprint density at radius 2 is 1.90 bits per heavy atom.